The van der Waals surface area contributed by atoms with Gasteiger partial charge in [-0.15, -0.1) is 0 Å². The zero-order valence-electron chi connectivity index (χ0n) is 11.6. The summed E-state index contributed by atoms with van der Waals surface area (Å²) in [7, 11) is 0. The van der Waals surface area contributed by atoms with E-state index in [4.69, 9.17) is 0 Å². The van der Waals surface area contributed by atoms with Crippen molar-refractivity contribution in [2.75, 3.05) is 13.2 Å². The van der Waals surface area contributed by atoms with E-state index in [9.17, 15) is 27.8 Å². The molecule has 3 aliphatic carbocycles. The van der Waals surface area contributed by atoms with Gasteiger partial charge in [0.05, 0.1) is 35.9 Å². The summed E-state index contributed by atoms with van der Waals surface area (Å²) in [6, 6.07) is 0. The summed E-state index contributed by atoms with van der Waals surface area (Å²) in [5.41, 5.74) is -4.42. The predicted octanol–water partition coefficient (Wildman–Crippen LogP) is 2.68. The Morgan fingerprint density at radius 1 is 0.850 bits per heavy atom. The first-order chi connectivity index (χ1) is 9.09. The van der Waals surface area contributed by atoms with Crippen LogP contribution in [0.3, 0.4) is 0 Å². The first-order valence-electron chi connectivity index (χ1n) is 7.07. The molecule has 3 saturated carbocycles. The Kier molecular flexibility index (Phi) is 2.56. The molecule has 2 unspecified atom stereocenters. The summed E-state index contributed by atoms with van der Waals surface area (Å²) >= 11 is 0. The summed E-state index contributed by atoms with van der Waals surface area (Å²) in [4.78, 5) is 0. The van der Waals surface area contributed by atoms with Gasteiger partial charge in [-0.2, -0.15) is 0 Å². The van der Waals surface area contributed by atoms with Crippen LogP contribution >= 0.6 is 0 Å². The van der Waals surface area contributed by atoms with Crippen molar-refractivity contribution in [3.8, 4) is 0 Å². The number of halogens is 4. The highest BCUT2D eigenvalue weighted by atomic mass is 19.3. The van der Waals surface area contributed by atoms with Crippen molar-refractivity contribution in [1.82, 2.24) is 0 Å². The Morgan fingerprint density at radius 3 is 1.45 bits per heavy atom. The maximum absolute atomic E-state index is 14.2. The molecule has 0 aromatic heterocycles. The Labute approximate surface area is 115 Å². The third-order valence-electron chi connectivity index (χ3n) is 6.83. The number of alkyl halides is 4. The largest absolute Gasteiger partial charge is 0.396 e. The molecule has 0 radical (unpaired) electrons. The first kappa shape index (κ1) is 14.6. The lowest BCUT2D eigenvalue weighted by atomic mass is 9.55. The number of hydrogen-bond acceptors (Lipinski definition) is 2. The molecule has 3 aliphatic rings. The fourth-order valence-corrected chi connectivity index (χ4v) is 5.66. The van der Waals surface area contributed by atoms with Crippen molar-refractivity contribution in [2.24, 2.45) is 28.1 Å². The SMILES string of the molecule is CC1(C)C2(CCCC13[C@H](CO)C3(F)F)[C@H](CO)C2(F)F. The molecule has 0 aromatic carbocycles. The number of aliphatic hydroxyl groups is 2. The van der Waals surface area contributed by atoms with Gasteiger partial charge in [0.25, 0.3) is 11.8 Å². The Hall–Kier alpha value is -0.360. The van der Waals surface area contributed by atoms with Crippen molar-refractivity contribution < 1.29 is 27.8 Å². The summed E-state index contributed by atoms with van der Waals surface area (Å²) < 4.78 is 56.9. The van der Waals surface area contributed by atoms with Crippen LogP contribution < -0.4 is 0 Å². The standard InChI is InChI=1S/C14H20F4O2/c1-10(2)11(8(6-19)13(11,15)16)4-3-5-12(10)9(7-20)14(12,17)18/h8-9,19-20H,3-7H2,1-2H3/t8-,9-,11?,12?/m0/s1. The highest BCUT2D eigenvalue weighted by Gasteiger charge is 2.95. The van der Waals surface area contributed by atoms with Gasteiger partial charge in [0.1, 0.15) is 0 Å². The van der Waals surface area contributed by atoms with Crippen LogP contribution in [0.25, 0.3) is 0 Å². The van der Waals surface area contributed by atoms with Crippen molar-refractivity contribution in [1.29, 1.82) is 0 Å². The van der Waals surface area contributed by atoms with E-state index >= 15 is 0 Å². The van der Waals surface area contributed by atoms with Gasteiger partial charge >= 0.3 is 0 Å². The van der Waals surface area contributed by atoms with E-state index < -0.39 is 53.1 Å². The summed E-state index contributed by atoms with van der Waals surface area (Å²) in [6.45, 7) is 1.59. The van der Waals surface area contributed by atoms with Gasteiger partial charge in [-0.1, -0.05) is 20.3 Å². The molecule has 4 atom stereocenters. The second-order valence-electron chi connectivity index (χ2n) is 7.14. The number of rotatable bonds is 2. The van der Waals surface area contributed by atoms with Crippen LogP contribution in [0.15, 0.2) is 0 Å². The van der Waals surface area contributed by atoms with E-state index in [2.05, 4.69) is 0 Å². The molecule has 3 rings (SSSR count). The van der Waals surface area contributed by atoms with Crippen LogP contribution in [0.5, 0.6) is 0 Å². The van der Waals surface area contributed by atoms with Crippen molar-refractivity contribution >= 4 is 0 Å². The third-order valence-corrected chi connectivity index (χ3v) is 6.83. The summed E-state index contributed by atoms with van der Waals surface area (Å²) in [5.74, 6) is -8.68. The van der Waals surface area contributed by atoms with E-state index in [0.717, 1.165) is 0 Å². The topological polar surface area (TPSA) is 40.5 Å². The molecular formula is C14H20F4O2. The van der Waals surface area contributed by atoms with Gasteiger partial charge < -0.3 is 10.2 Å². The lowest BCUT2D eigenvalue weighted by molar-refractivity contribution is -0.103. The fraction of sp³-hybridized carbons (Fsp3) is 1.00. The molecule has 3 fully saturated rings. The molecule has 2 spiro atoms. The molecule has 0 amide bonds. The average Bonchev–Trinajstić information content (AvgIpc) is 3.02. The second-order valence-corrected chi connectivity index (χ2v) is 7.14. The van der Waals surface area contributed by atoms with Gasteiger partial charge in [0.15, 0.2) is 0 Å². The van der Waals surface area contributed by atoms with E-state index in [1.54, 1.807) is 0 Å². The Bertz CT molecular complexity index is 412. The molecule has 0 heterocycles. The molecule has 0 saturated heterocycles. The smallest absolute Gasteiger partial charge is 0.260 e. The minimum absolute atomic E-state index is 0.161. The van der Waals surface area contributed by atoms with Crippen molar-refractivity contribution in [2.45, 2.75) is 45.0 Å². The fourth-order valence-electron chi connectivity index (χ4n) is 5.66. The molecule has 6 heteroatoms. The molecule has 20 heavy (non-hydrogen) atoms. The van der Waals surface area contributed by atoms with Crippen LogP contribution in [-0.2, 0) is 0 Å². The minimum Gasteiger partial charge on any atom is -0.396 e. The number of hydrogen-bond donors (Lipinski definition) is 2. The first-order valence-corrected chi connectivity index (χ1v) is 7.07. The van der Waals surface area contributed by atoms with Crippen LogP contribution in [0.4, 0.5) is 17.6 Å². The lowest BCUT2D eigenvalue weighted by Gasteiger charge is -2.47. The quantitative estimate of drug-likeness (QED) is 0.769. The van der Waals surface area contributed by atoms with E-state index in [-0.39, 0.29) is 12.8 Å². The van der Waals surface area contributed by atoms with Crippen LogP contribution in [0.2, 0.25) is 0 Å². The van der Waals surface area contributed by atoms with Crippen LogP contribution in [0.1, 0.15) is 33.1 Å². The molecule has 116 valence electrons. The normalized spacial score (nSPS) is 50.4. The van der Waals surface area contributed by atoms with E-state index in [0.29, 0.717) is 6.42 Å². The summed E-state index contributed by atoms with van der Waals surface area (Å²) in [6.07, 6.45) is 0.615. The summed E-state index contributed by atoms with van der Waals surface area (Å²) in [5, 5.41) is 18.4. The maximum Gasteiger partial charge on any atom is 0.260 e. The molecular weight excluding hydrogens is 276 g/mol. The maximum atomic E-state index is 14.2. The van der Waals surface area contributed by atoms with Crippen molar-refractivity contribution in [3.63, 3.8) is 0 Å². The zero-order valence-corrected chi connectivity index (χ0v) is 11.6. The second kappa shape index (κ2) is 3.51. The zero-order chi connectivity index (χ0) is 15.2. The van der Waals surface area contributed by atoms with Gasteiger partial charge in [0, 0.05) is 0 Å². The predicted molar refractivity (Wildman–Crippen MR) is 63.5 cm³/mol. The van der Waals surface area contributed by atoms with Gasteiger partial charge in [-0.25, -0.2) is 17.6 Å². The lowest BCUT2D eigenvalue weighted by Crippen LogP contribution is -2.46. The van der Waals surface area contributed by atoms with E-state index in [1.165, 1.54) is 13.8 Å². The minimum atomic E-state index is -3.10. The average molecular weight is 296 g/mol. The molecule has 2 N–H and O–H groups in total. The van der Waals surface area contributed by atoms with Crippen molar-refractivity contribution in [3.05, 3.63) is 0 Å². The molecule has 0 aliphatic heterocycles. The Morgan fingerprint density at radius 2 is 1.20 bits per heavy atom. The highest BCUT2D eigenvalue weighted by Crippen LogP contribution is 2.89. The van der Waals surface area contributed by atoms with E-state index in [1.807, 2.05) is 0 Å². The molecule has 0 aromatic rings. The van der Waals surface area contributed by atoms with Crippen LogP contribution in [0, 0.1) is 28.1 Å². The van der Waals surface area contributed by atoms with Crippen LogP contribution in [-0.4, -0.2) is 35.3 Å². The highest BCUT2D eigenvalue weighted by molar-refractivity contribution is 5.35. The van der Waals surface area contributed by atoms with Gasteiger partial charge in [-0.05, 0) is 18.3 Å². The monoisotopic (exact) mass is 296 g/mol. The van der Waals surface area contributed by atoms with Gasteiger partial charge in [0.2, 0.25) is 0 Å². The van der Waals surface area contributed by atoms with Gasteiger partial charge in [-0.3, -0.25) is 0 Å². The number of aliphatic hydroxyl groups excluding tert-OH is 2. The molecule has 2 nitrogen and oxygen atoms in total. The Balaban J connectivity index is 2.07. The third kappa shape index (κ3) is 1.07. The molecule has 0 bridgehead atoms.